The first-order valence-corrected chi connectivity index (χ1v) is 9.96. The molecule has 0 saturated carbocycles. The van der Waals surface area contributed by atoms with Crippen LogP contribution in [0, 0.1) is 0 Å². The van der Waals surface area contributed by atoms with Crippen LogP contribution in [0.3, 0.4) is 0 Å². The zero-order valence-electron chi connectivity index (χ0n) is 16.3. The minimum absolute atomic E-state index is 0.180. The number of amides is 1. The van der Waals surface area contributed by atoms with E-state index in [1.165, 1.54) is 6.26 Å². The van der Waals surface area contributed by atoms with Gasteiger partial charge in [0.2, 0.25) is 11.8 Å². The van der Waals surface area contributed by atoms with Crippen LogP contribution in [-0.4, -0.2) is 35.4 Å². The first-order valence-electron chi connectivity index (χ1n) is 9.55. The average molecular weight is 413 g/mol. The van der Waals surface area contributed by atoms with Gasteiger partial charge in [-0.25, -0.2) is 4.98 Å². The van der Waals surface area contributed by atoms with Crippen LogP contribution >= 0.6 is 12.2 Å². The standard InChI is InChI=1S/C21H24N4O3S/c1-2-3-4-11-28-18-7-6-17(13-23-18)24-20(29)25-19(26)21(9-5-10-22-15-21)16-8-12-27-14-16/h5-10,12-14H,2-4,11,15H2,1H3,(H2,24,25,26,29). The smallest absolute Gasteiger partial charge is 0.242 e. The molecule has 7 nitrogen and oxygen atoms in total. The second kappa shape index (κ2) is 9.97. The largest absolute Gasteiger partial charge is 0.478 e. The van der Waals surface area contributed by atoms with Gasteiger partial charge in [0.05, 0.1) is 37.6 Å². The zero-order valence-corrected chi connectivity index (χ0v) is 17.1. The fourth-order valence-electron chi connectivity index (χ4n) is 2.95. The van der Waals surface area contributed by atoms with Crippen LogP contribution in [-0.2, 0) is 10.2 Å². The Kier molecular flexibility index (Phi) is 7.13. The number of hydrogen-bond acceptors (Lipinski definition) is 6. The summed E-state index contributed by atoms with van der Waals surface area (Å²) in [6.07, 6.45) is 13.2. The Morgan fingerprint density at radius 3 is 2.90 bits per heavy atom. The molecule has 1 aliphatic heterocycles. The van der Waals surface area contributed by atoms with Crippen LogP contribution in [0.25, 0.3) is 0 Å². The molecule has 29 heavy (non-hydrogen) atoms. The Bertz CT molecular complexity index is 878. The van der Waals surface area contributed by atoms with Crippen molar-refractivity contribution >= 4 is 35.1 Å². The first kappa shape index (κ1) is 20.7. The molecule has 1 atom stereocenters. The molecule has 0 bridgehead atoms. The van der Waals surface area contributed by atoms with Crippen molar-refractivity contribution in [2.75, 3.05) is 18.5 Å². The lowest BCUT2D eigenvalue weighted by molar-refractivity contribution is -0.123. The van der Waals surface area contributed by atoms with Crippen LogP contribution in [0.5, 0.6) is 5.88 Å². The molecule has 2 N–H and O–H groups in total. The Morgan fingerprint density at radius 1 is 1.34 bits per heavy atom. The number of furan rings is 1. The summed E-state index contributed by atoms with van der Waals surface area (Å²) >= 11 is 5.30. The van der Waals surface area contributed by atoms with Gasteiger partial charge in [0, 0.05) is 17.8 Å². The summed E-state index contributed by atoms with van der Waals surface area (Å²) in [5, 5.41) is 5.90. The topological polar surface area (TPSA) is 88.8 Å². The highest BCUT2D eigenvalue weighted by Crippen LogP contribution is 2.29. The molecule has 3 heterocycles. The molecule has 0 spiro atoms. The summed E-state index contributed by atoms with van der Waals surface area (Å²) in [4.78, 5) is 21.5. The summed E-state index contributed by atoms with van der Waals surface area (Å²) in [6, 6.07) is 5.33. The molecule has 2 aromatic rings. The van der Waals surface area contributed by atoms with E-state index in [0.29, 0.717) is 18.2 Å². The van der Waals surface area contributed by atoms with E-state index in [9.17, 15) is 4.79 Å². The predicted molar refractivity (Wildman–Crippen MR) is 117 cm³/mol. The van der Waals surface area contributed by atoms with Crippen molar-refractivity contribution in [2.24, 2.45) is 4.99 Å². The van der Waals surface area contributed by atoms with E-state index in [1.807, 2.05) is 0 Å². The van der Waals surface area contributed by atoms with E-state index in [4.69, 9.17) is 21.4 Å². The fraction of sp³-hybridized carbons (Fsp3) is 0.333. The number of anilines is 1. The molecule has 2 aromatic heterocycles. The minimum Gasteiger partial charge on any atom is -0.478 e. The van der Waals surface area contributed by atoms with E-state index in [1.54, 1.807) is 49.0 Å². The van der Waals surface area contributed by atoms with Crippen molar-refractivity contribution in [1.82, 2.24) is 10.3 Å². The van der Waals surface area contributed by atoms with Gasteiger partial charge in [-0.15, -0.1) is 0 Å². The van der Waals surface area contributed by atoms with Gasteiger partial charge in [0.25, 0.3) is 0 Å². The average Bonchev–Trinajstić information content (AvgIpc) is 3.28. The van der Waals surface area contributed by atoms with Gasteiger partial charge >= 0.3 is 0 Å². The molecule has 1 unspecified atom stereocenters. The number of thiocarbonyl (C=S) groups is 1. The van der Waals surface area contributed by atoms with E-state index in [2.05, 4.69) is 27.5 Å². The van der Waals surface area contributed by atoms with Gasteiger partial charge in [-0.05, 0) is 36.8 Å². The molecule has 0 fully saturated rings. The monoisotopic (exact) mass is 412 g/mol. The van der Waals surface area contributed by atoms with Crippen LogP contribution in [0.1, 0.15) is 31.7 Å². The quantitative estimate of drug-likeness (QED) is 0.508. The maximum atomic E-state index is 13.0. The molecule has 152 valence electrons. The number of unbranched alkanes of at least 4 members (excludes halogenated alkanes) is 2. The van der Waals surface area contributed by atoms with Crippen molar-refractivity contribution in [1.29, 1.82) is 0 Å². The second-order valence-corrected chi connectivity index (χ2v) is 7.09. The normalized spacial score (nSPS) is 17.7. The van der Waals surface area contributed by atoms with Crippen molar-refractivity contribution in [3.63, 3.8) is 0 Å². The number of carbonyl (C=O) groups is 1. The predicted octanol–water partition coefficient (Wildman–Crippen LogP) is 3.64. The highest BCUT2D eigenvalue weighted by molar-refractivity contribution is 7.80. The van der Waals surface area contributed by atoms with Gasteiger partial charge in [0.15, 0.2) is 5.11 Å². The third-order valence-corrected chi connectivity index (χ3v) is 4.78. The van der Waals surface area contributed by atoms with Crippen LogP contribution in [0.15, 0.2) is 58.5 Å². The SMILES string of the molecule is CCCCCOc1ccc(NC(=S)NC(=O)C2(c3ccoc3)C=CC=NC2)cn1. The maximum Gasteiger partial charge on any atom is 0.242 e. The lowest BCUT2D eigenvalue weighted by Crippen LogP contribution is -2.49. The molecule has 0 radical (unpaired) electrons. The van der Waals surface area contributed by atoms with E-state index >= 15 is 0 Å². The molecule has 1 aliphatic rings. The highest BCUT2D eigenvalue weighted by Gasteiger charge is 2.40. The van der Waals surface area contributed by atoms with Gasteiger partial charge in [-0.1, -0.05) is 25.8 Å². The van der Waals surface area contributed by atoms with Gasteiger partial charge in [-0.3, -0.25) is 9.79 Å². The number of nitrogens with one attached hydrogen (secondary N) is 2. The third kappa shape index (κ3) is 5.29. The van der Waals surface area contributed by atoms with E-state index < -0.39 is 5.41 Å². The number of rotatable bonds is 8. The van der Waals surface area contributed by atoms with Crippen LogP contribution in [0.2, 0.25) is 0 Å². The number of allylic oxidation sites excluding steroid dienone is 1. The number of dihydropyridines is 1. The van der Waals surface area contributed by atoms with E-state index in [-0.39, 0.29) is 17.6 Å². The number of carbonyl (C=O) groups excluding carboxylic acids is 1. The fourth-order valence-corrected chi connectivity index (χ4v) is 3.16. The number of hydrogen-bond donors (Lipinski definition) is 2. The van der Waals surface area contributed by atoms with Crippen molar-refractivity contribution in [3.05, 3.63) is 54.6 Å². The zero-order chi connectivity index (χ0) is 20.5. The van der Waals surface area contributed by atoms with Gasteiger partial charge in [-0.2, -0.15) is 0 Å². The van der Waals surface area contributed by atoms with Crippen molar-refractivity contribution in [3.8, 4) is 5.88 Å². The lowest BCUT2D eigenvalue weighted by Gasteiger charge is -2.28. The second-order valence-electron chi connectivity index (χ2n) is 6.68. The van der Waals surface area contributed by atoms with Gasteiger partial charge < -0.3 is 19.8 Å². The molecule has 0 aromatic carbocycles. The molecule has 8 heteroatoms. The number of pyridine rings is 1. The number of ether oxygens (including phenoxy) is 1. The first-order chi connectivity index (χ1) is 14.1. The minimum atomic E-state index is -0.956. The number of nitrogens with zero attached hydrogens (tertiary/aromatic N) is 2. The summed E-state index contributed by atoms with van der Waals surface area (Å²) in [5.74, 6) is 0.277. The van der Waals surface area contributed by atoms with Crippen molar-refractivity contribution in [2.45, 2.75) is 31.6 Å². The lowest BCUT2D eigenvalue weighted by atomic mass is 9.79. The van der Waals surface area contributed by atoms with Crippen LogP contribution < -0.4 is 15.4 Å². The highest BCUT2D eigenvalue weighted by atomic mass is 32.1. The van der Waals surface area contributed by atoms with E-state index in [0.717, 1.165) is 24.8 Å². The Hall–Kier alpha value is -3.00. The molecule has 0 aliphatic carbocycles. The summed E-state index contributed by atoms with van der Waals surface area (Å²) in [6.45, 7) is 3.08. The van der Waals surface area contributed by atoms with Crippen molar-refractivity contribution < 1.29 is 13.9 Å². The molecular weight excluding hydrogens is 388 g/mol. The molecule has 3 rings (SSSR count). The molecule has 1 amide bonds. The Morgan fingerprint density at radius 2 is 2.24 bits per heavy atom. The third-order valence-electron chi connectivity index (χ3n) is 4.57. The summed E-state index contributed by atoms with van der Waals surface area (Å²) < 4.78 is 10.8. The molecular formula is C21H24N4O3S. The number of aliphatic imine (C=N–C) groups is 1. The Labute approximate surface area is 175 Å². The summed E-state index contributed by atoms with van der Waals surface area (Å²) in [7, 11) is 0. The van der Waals surface area contributed by atoms with Gasteiger partial charge in [0.1, 0.15) is 5.41 Å². The maximum absolute atomic E-state index is 13.0. The number of aromatic nitrogens is 1. The Balaban J connectivity index is 1.58. The summed E-state index contributed by atoms with van der Waals surface area (Å²) in [5.41, 5.74) is 0.421. The van der Waals surface area contributed by atoms with Crippen LogP contribution in [0.4, 0.5) is 5.69 Å². The molecule has 0 saturated heterocycles.